The molecule has 2 N–H and O–H groups in total. The van der Waals surface area contributed by atoms with E-state index in [-0.39, 0.29) is 23.4 Å². The van der Waals surface area contributed by atoms with Gasteiger partial charge in [-0.15, -0.1) is 11.3 Å². The van der Waals surface area contributed by atoms with Gasteiger partial charge in [0.15, 0.2) is 5.82 Å². The number of hydrogen-bond donors (Lipinski definition) is 2. The second-order valence-electron chi connectivity index (χ2n) is 11.2. The number of carbonyl (C=O) groups excluding carboxylic acids is 1. The average molecular weight is 543 g/mol. The van der Waals surface area contributed by atoms with Crippen molar-refractivity contribution in [3.05, 3.63) is 29.5 Å². The van der Waals surface area contributed by atoms with Gasteiger partial charge in [0.05, 0.1) is 11.8 Å². The lowest BCUT2D eigenvalue weighted by atomic mass is 9.88. The molecule has 0 unspecified atom stereocenters. The number of rotatable bonds is 8. The van der Waals surface area contributed by atoms with E-state index < -0.39 is 6.09 Å². The zero-order valence-corrected chi connectivity index (χ0v) is 23.8. The summed E-state index contributed by atoms with van der Waals surface area (Å²) < 4.78 is 1.78. The maximum atomic E-state index is 13.6. The molecule has 38 heavy (non-hydrogen) atoms. The average Bonchev–Trinajstić information content (AvgIpc) is 3.47. The molecule has 0 bridgehead atoms. The summed E-state index contributed by atoms with van der Waals surface area (Å²) in [5, 5.41) is 19.5. The van der Waals surface area contributed by atoms with E-state index in [0.29, 0.717) is 56.4 Å². The molecule has 12 heteroatoms. The molecule has 1 atom stereocenters. The third-order valence-electron chi connectivity index (χ3n) is 7.21. The second-order valence-corrected chi connectivity index (χ2v) is 12.1. The molecule has 0 radical (unpaired) electrons. The highest BCUT2D eigenvalue weighted by Gasteiger charge is 2.31. The van der Waals surface area contributed by atoms with Crippen molar-refractivity contribution in [3.8, 4) is 11.4 Å². The first-order valence-electron chi connectivity index (χ1n) is 12.9. The number of nitrogens with zero attached hydrogens (tertiary/aromatic N) is 7. The van der Waals surface area contributed by atoms with Crippen molar-refractivity contribution in [2.45, 2.75) is 52.6 Å². The number of likely N-dealkylation sites (N-methyl/N-ethyl adjacent to an activating group) is 1. The number of hydrogen-bond acceptors (Lipinski definition) is 8. The molecule has 206 valence electrons. The topological polar surface area (TPSA) is 119 Å². The van der Waals surface area contributed by atoms with Crippen molar-refractivity contribution >= 4 is 34.0 Å². The minimum atomic E-state index is -0.915. The third kappa shape index (κ3) is 6.24. The number of carbonyl (C=O) groups is 2. The number of fused-ring (bicyclic) bond motifs is 1. The van der Waals surface area contributed by atoms with E-state index in [1.54, 1.807) is 33.0 Å². The fraction of sp³-hybridized carbons (Fsp3) is 0.577. The standard InChI is InChI=1S/C26H38N8O3S/c1-17(26(2,3)4)28-21-15-20(29-22(30-21)19-16-27-34-13-14-38-24(19)34)23(35)32-9-7-18(8-10-32)33(25(36)37)12-11-31(5)6/h13-18H,7-12H2,1-6H3,(H,36,37)(H,28,29,30)/t17-/m1/s1. The van der Waals surface area contributed by atoms with Crippen LogP contribution in [0.5, 0.6) is 0 Å². The van der Waals surface area contributed by atoms with Gasteiger partial charge in [-0.3, -0.25) is 4.79 Å². The van der Waals surface area contributed by atoms with Crippen LogP contribution in [-0.4, -0.2) is 104 Å². The Kier molecular flexibility index (Phi) is 8.22. The molecule has 1 aliphatic heterocycles. The highest BCUT2D eigenvalue weighted by Crippen LogP contribution is 2.29. The quantitative estimate of drug-likeness (QED) is 0.441. The highest BCUT2D eigenvalue weighted by atomic mass is 32.1. The van der Waals surface area contributed by atoms with E-state index in [1.165, 1.54) is 4.90 Å². The number of amides is 2. The molecule has 3 aromatic rings. The summed E-state index contributed by atoms with van der Waals surface area (Å²) in [5.41, 5.74) is 1.08. The van der Waals surface area contributed by atoms with Crippen LogP contribution < -0.4 is 5.32 Å². The molecule has 4 rings (SSSR count). The van der Waals surface area contributed by atoms with Crippen molar-refractivity contribution in [3.63, 3.8) is 0 Å². The molecule has 0 saturated carbocycles. The Morgan fingerprint density at radius 2 is 1.92 bits per heavy atom. The van der Waals surface area contributed by atoms with E-state index in [0.717, 1.165) is 10.4 Å². The minimum absolute atomic E-state index is 0.0154. The van der Waals surface area contributed by atoms with Crippen molar-refractivity contribution in [1.82, 2.24) is 34.3 Å². The Hall–Kier alpha value is -3.25. The van der Waals surface area contributed by atoms with Crippen LogP contribution in [0.1, 0.15) is 51.0 Å². The molecule has 2 amide bonds. The van der Waals surface area contributed by atoms with Gasteiger partial charge in [0.2, 0.25) is 0 Å². The van der Waals surface area contributed by atoms with Gasteiger partial charge in [-0.1, -0.05) is 20.8 Å². The summed E-state index contributed by atoms with van der Waals surface area (Å²) in [6.45, 7) is 10.6. The van der Waals surface area contributed by atoms with Gasteiger partial charge in [-0.2, -0.15) is 5.10 Å². The van der Waals surface area contributed by atoms with Crippen LogP contribution in [0.2, 0.25) is 0 Å². The number of piperidine rings is 1. The number of aromatic nitrogens is 4. The van der Waals surface area contributed by atoms with Crippen molar-refractivity contribution in [2.75, 3.05) is 45.6 Å². The number of nitrogens with one attached hydrogen (secondary N) is 1. The molecule has 1 saturated heterocycles. The molecular formula is C26H38N8O3S. The Balaban J connectivity index is 1.57. The van der Waals surface area contributed by atoms with Gasteiger partial charge < -0.3 is 25.1 Å². The molecule has 0 aliphatic carbocycles. The van der Waals surface area contributed by atoms with E-state index in [2.05, 4.69) is 43.1 Å². The SMILES string of the molecule is C[C@@H](Nc1cc(C(=O)N2CCC(N(CCN(C)C)C(=O)O)CC2)nc(-c2cnn3ccsc23)n1)C(C)(C)C. The monoisotopic (exact) mass is 542 g/mol. The van der Waals surface area contributed by atoms with Crippen molar-refractivity contribution in [2.24, 2.45) is 5.41 Å². The maximum Gasteiger partial charge on any atom is 0.407 e. The third-order valence-corrected chi connectivity index (χ3v) is 8.10. The summed E-state index contributed by atoms with van der Waals surface area (Å²) in [4.78, 5) is 41.1. The first-order valence-corrected chi connectivity index (χ1v) is 13.8. The Morgan fingerprint density at radius 3 is 2.55 bits per heavy atom. The fourth-order valence-corrected chi connectivity index (χ4v) is 5.15. The summed E-state index contributed by atoms with van der Waals surface area (Å²) in [5.74, 6) is 0.864. The summed E-state index contributed by atoms with van der Waals surface area (Å²) in [6.07, 6.45) is 3.87. The molecule has 3 aromatic heterocycles. The molecule has 0 spiro atoms. The fourth-order valence-electron chi connectivity index (χ4n) is 4.35. The molecule has 1 aliphatic rings. The first kappa shape index (κ1) is 27.8. The Morgan fingerprint density at radius 1 is 1.21 bits per heavy atom. The zero-order chi connectivity index (χ0) is 27.6. The highest BCUT2D eigenvalue weighted by molar-refractivity contribution is 7.16. The van der Waals surface area contributed by atoms with Gasteiger partial charge in [0.1, 0.15) is 16.3 Å². The van der Waals surface area contributed by atoms with E-state index in [4.69, 9.17) is 4.98 Å². The normalized spacial score (nSPS) is 15.7. The van der Waals surface area contributed by atoms with E-state index in [9.17, 15) is 14.7 Å². The lowest BCUT2D eigenvalue weighted by Gasteiger charge is -2.37. The maximum absolute atomic E-state index is 13.6. The number of carboxylic acid groups (broad SMARTS) is 1. The predicted molar refractivity (Wildman–Crippen MR) is 149 cm³/mol. The van der Waals surface area contributed by atoms with Gasteiger partial charge in [-0.05, 0) is 39.3 Å². The number of anilines is 1. The van der Waals surface area contributed by atoms with Crippen LogP contribution in [0.15, 0.2) is 23.8 Å². The minimum Gasteiger partial charge on any atom is -0.465 e. The molecule has 0 aromatic carbocycles. The molecule has 1 fully saturated rings. The zero-order valence-electron chi connectivity index (χ0n) is 23.0. The lowest BCUT2D eigenvalue weighted by molar-refractivity contribution is 0.0601. The van der Waals surface area contributed by atoms with Gasteiger partial charge in [0, 0.05) is 55.9 Å². The largest absolute Gasteiger partial charge is 0.465 e. The van der Waals surface area contributed by atoms with E-state index in [1.807, 2.05) is 30.6 Å². The molecule has 11 nitrogen and oxygen atoms in total. The van der Waals surface area contributed by atoms with Crippen LogP contribution in [0.4, 0.5) is 10.6 Å². The molecule has 4 heterocycles. The molecular weight excluding hydrogens is 504 g/mol. The Labute approximate surface area is 227 Å². The van der Waals surface area contributed by atoms with Gasteiger partial charge >= 0.3 is 6.09 Å². The Bertz CT molecular complexity index is 1270. The van der Waals surface area contributed by atoms with E-state index >= 15 is 0 Å². The van der Waals surface area contributed by atoms with Crippen LogP contribution in [0.3, 0.4) is 0 Å². The van der Waals surface area contributed by atoms with Crippen LogP contribution in [-0.2, 0) is 0 Å². The number of likely N-dealkylation sites (tertiary alicyclic amines) is 1. The van der Waals surface area contributed by atoms with Crippen LogP contribution in [0.25, 0.3) is 16.2 Å². The smallest absolute Gasteiger partial charge is 0.407 e. The van der Waals surface area contributed by atoms with Crippen molar-refractivity contribution < 1.29 is 14.7 Å². The summed E-state index contributed by atoms with van der Waals surface area (Å²) in [7, 11) is 3.85. The van der Waals surface area contributed by atoms with Crippen LogP contribution in [0, 0.1) is 5.41 Å². The summed E-state index contributed by atoms with van der Waals surface area (Å²) in [6, 6.07) is 1.71. The van der Waals surface area contributed by atoms with Gasteiger partial charge in [0.25, 0.3) is 5.91 Å². The van der Waals surface area contributed by atoms with Crippen LogP contribution >= 0.6 is 11.3 Å². The van der Waals surface area contributed by atoms with Gasteiger partial charge in [-0.25, -0.2) is 19.3 Å². The lowest BCUT2D eigenvalue weighted by Crippen LogP contribution is -2.50. The second kappa shape index (κ2) is 11.2. The number of thiazole rings is 1. The first-order chi connectivity index (χ1) is 17.9. The summed E-state index contributed by atoms with van der Waals surface area (Å²) >= 11 is 1.54. The van der Waals surface area contributed by atoms with Crippen molar-refractivity contribution in [1.29, 1.82) is 0 Å². The predicted octanol–water partition coefficient (Wildman–Crippen LogP) is 3.85.